The van der Waals surface area contributed by atoms with E-state index in [1.54, 1.807) is 19.4 Å². The predicted molar refractivity (Wildman–Crippen MR) is 196 cm³/mol. The van der Waals surface area contributed by atoms with E-state index >= 15 is 4.39 Å². The lowest BCUT2D eigenvalue weighted by molar-refractivity contribution is 0.0122. The molecule has 51 heavy (non-hydrogen) atoms. The number of carbonyl (C=O) groups excluding carboxylic acids is 1. The third-order valence-corrected chi connectivity index (χ3v) is 9.57. The van der Waals surface area contributed by atoms with Gasteiger partial charge in [0.2, 0.25) is 0 Å². The Kier molecular flexibility index (Phi) is 11.1. The number of hydrogen-bond acceptors (Lipinski definition) is 11. The number of hydrogen-bond donors (Lipinski definition) is 1. The molecule has 7 rings (SSSR count). The van der Waals surface area contributed by atoms with E-state index < -0.39 is 11.4 Å². The van der Waals surface area contributed by atoms with Crippen LogP contribution in [0, 0.1) is 5.82 Å². The smallest absolute Gasteiger partial charge is 0.410 e. The molecule has 0 spiro atoms. The van der Waals surface area contributed by atoms with Gasteiger partial charge in [0.15, 0.2) is 12.6 Å². The molecule has 1 N–H and O–H groups in total. The number of halogens is 1. The Morgan fingerprint density at radius 1 is 1.06 bits per heavy atom. The second-order valence-corrected chi connectivity index (χ2v) is 14.3. The summed E-state index contributed by atoms with van der Waals surface area (Å²) in [5.41, 5.74) is 1.37. The van der Waals surface area contributed by atoms with Crippen LogP contribution in [0.4, 0.5) is 15.0 Å². The molecule has 5 heterocycles. The molecule has 0 saturated carbocycles. The van der Waals surface area contributed by atoms with Crippen LogP contribution in [0.15, 0.2) is 36.5 Å². The van der Waals surface area contributed by atoms with Crippen molar-refractivity contribution in [1.82, 2.24) is 30.1 Å². The zero-order valence-electron chi connectivity index (χ0n) is 30.8. The number of aromatic nitrogens is 3. The third kappa shape index (κ3) is 7.95. The Balaban J connectivity index is 0.000000573. The number of nitrogens with one attached hydrogen (secondary N) is 1. The van der Waals surface area contributed by atoms with Crippen molar-refractivity contribution in [3.8, 4) is 23.0 Å². The van der Waals surface area contributed by atoms with Crippen LogP contribution < -0.4 is 19.7 Å². The molecule has 1 amide bonds. The van der Waals surface area contributed by atoms with Crippen LogP contribution in [-0.2, 0) is 15.9 Å². The van der Waals surface area contributed by atoms with Gasteiger partial charge in [-0.2, -0.15) is 9.97 Å². The van der Waals surface area contributed by atoms with Crippen molar-refractivity contribution >= 4 is 33.6 Å². The number of anilines is 1. The Bertz CT molecular complexity index is 1850. The lowest BCUT2D eigenvalue weighted by Crippen LogP contribution is -2.57. The standard InChI is InChI=1S/C33H38FN5O5.C5H12N2/c1-7-19-9-8-10-20-13-23(43-18-41-5)14-24(26(19)20)28-27(34)29-25(15-35-28)30(37-31(36-29)42-6)38-16-21-11-12-22(17-38)39(21)32(40)44-33(2,3)4;1-7-4-2-6-3-5-7/h8-10,13-15,21-22H,7,11-12,16-18H2,1-6H3;6H,2-5H2,1H3. The highest BCUT2D eigenvalue weighted by Gasteiger charge is 2.45. The second-order valence-electron chi connectivity index (χ2n) is 14.3. The van der Waals surface area contributed by atoms with E-state index in [1.165, 1.54) is 20.2 Å². The maximum absolute atomic E-state index is 16.7. The maximum Gasteiger partial charge on any atom is 0.410 e. The first kappa shape index (κ1) is 36.5. The molecule has 13 heteroatoms. The topological polar surface area (TPSA) is 114 Å². The average Bonchev–Trinajstić information content (AvgIpc) is 3.39. The first-order chi connectivity index (χ1) is 24.5. The molecule has 3 aliphatic heterocycles. The second kappa shape index (κ2) is 15.5. The minimum absolute atomic E-state index is 0.0506. The highest BCUT2D eigenvalue weighted by atomic mass is 19.1. The molecular weight excluding hydrogens is 653 g/mol. The van der Waals surface area contributed by atoms with Crippen molar-refractivity contribution in [2.24, 2.45) is 0 Å². The van der Waals surface area contributed by atoms with E-state index in [2.05, 4.69) is 44.0 Å². The number of benzene rings is 2. The first-order valence-electron chi connectivity index (χ1n) is 17.7. The minimum Gasteiger partial charge on any atom is -0.468 e. The minimum atomic E-state index is -0.580. The molecule has 2 aromatic carbocycles. The van der Waals surface area contributed by atoms with E-state index in [4.69, 9.17) is 18.9 Å². The van der Waals surface area contributed by atoms with Gasteiger partial charge in [-0.15, -0.1) is 0 Å². The van der Waals surface area contributed by atoms with Crippen LogP contribution in [-0.4, -0.2) is 116 Å². The van der Waals surface area contributed by atoms with Crippen LogP contribution in [0.1, 0.15) is 46.1 Å². The van der Waals surface area contributed by atoms with Gasteiger partial charge >= 0.3 is 12.1 Å². The maximum atomic E-state index is 16.7. The Morgan fingerprint density at radius 3 is 2.39 bits per heavy atom. The molecule has 2 unspecified atom stereocenters. The van der Waals surface area contributed by atoms with Gasteiger partial charge < -0.3 is 34.1 Å². The molecular formula is C38H50FN7O5. The van der Waals surface area contributed by atoms with Crippen LogP contribution >= 0.6 is 0 Å². The van der Waals surface area contributed by atoms with E-state index in [0.29, 0.717) is 35.6 Å². The summed E-state index contributed by atoms with van der Waals surface area (Å²) in [7, 11) is 5.17. The number of carbonyl (C=O) groups is 1. The van der Waals surface area contributed by atoms with Gasteiger partial charge in [0.05, 0.1) is 24.6 Å². The number of aryl methyl sites for hydroxylation is 1. The van der Waals surface area contributed by atoms with Gasteiger partial charge in [-0.3, -0.25) is 9.88 Å². The molecule has 3 saturated heterocycles. The van der Waals surface area contributed by atoms with Crippen LogP contribution in [0.2, 0.25) is 0 Å². The molecule has 274 valence electrons. The van der Waals surface area contributed by atoms with Gasteiger partial charge in [-0.05, 0) is 75.5 Å². The molecule has 4 aromatic rings. The summed E-state index contributed by atoms with van der Waals surface area (Å²) in [4.78, 5) is 33.1. The summed E-state index contributed by atoms with van der Waals surface area (Å²) in [6.07, 6.45) is 3.79. The number of rotatable bonds is 7. The summed E-state index contributed by atoms with van der Waals surface area (Å²) in [6, 6.07) is 9.67. The summed E-state index contributed by atoms with van der Waals surface area (Å²) in [5.74, 6) is 0.501. The number of amides is 1. The zero-order valence-corrected chi connectivity index (χ0v) is 30.8. The number of ether oxygens (including phenoxy) is 4. The largest absolute Gasteiger partial charge is 0.468 e. The van der Waals surface area contributed by atoms with Gasteiger partial charge in [0.25, 0.3) is 0 Å². The van der Waals surface area contributed by atoms with Crippen molar-refractivity contribution in [1.29, 1.82) is 0 Å². The van der Waals surface area contributed by atoms with Crippen molar-refractivity contribution in [3.63, 3.8) is 0 Å². The fraction of sp³-hybridized carbons (Fsp3) is 0.526. The van der Waals surface area contributed by atoms with Crippen molar-refractivity contribution in [2.75, 3.05) is 72.2 Å². The van der Waals surface area contributed by atoms with Gasteiger partial charge in [-0.1, -0.05) is 25.1 Å². The van der Waals surface area contributed by atoms with Crippen molar-refractivity contribution in [2.45, 2.75) is 64.6 Å². The molecule has 12 nitrogen and oxygen atoms in total. The van der Waals surface area contributed by atoms with Crippen molar-refractivity contribution < 1.29 is 28.1 Å². The van der Waals surface area contributed by atoms with Crippen molar-refractivity contribution in [3.05, 3.63) is 47.9 Å². The lowest BCUT2D eigenvalue weighted by Gasteiger charge is -2.42. The van der Waals surface area contributed by atoms with Crippen LogP contribution in [0.3, 0.4) is 0 Å². The summed E-state index contributed by atoms with van der Waals surface area (Å²) in [6.45, 7) is 13.5. The summed E-state index contributed by atoms with van der Waals surface area (Å²) < 4.78 is 38.7. The summed E-state index contributed by atoms with van der Waals surface area (Å²) in [5, 5.41) is 5.56. The predicted octanol–water partition coefficient (Wildman–Crippen LogP) is 5.65. The number of nitrogens with zero attached hydrogens (tertiary/aromatic N) is 6. The molecule has 0 radical (unpaired) electrons. The number of pyridine rings is 1. The molecule has 3 fully saturated rings. The molecule has 2 aromatic heterocycles. The van der Waals surface area contributed by atoms with E-state index in [-0.39, 0.29) is 42.2 Å². The first-order valence-corrected chi connectivity index (χ1v) is 17.7. The fourth-order valence-corrected chi connectivity index (χ4v) is 7.18. The van der Waals surface area contributed by atoms with E-state index in [9.17, 15) is 4.79 Å². The van der Waals surface area contributed by atoms with E-state index in [1.807, 2.05) is 49.9 Å². The lowest BCUT2D eigenvalue weighted by atomic mass is 9.95. The number of piperazine rings is 2. The monoisotopic (exact) mass is 703 g/mol. The fourth-order valence-electron chi connectivity index (χ4n) is 7.18. The van der Waals surface area contributed by atoms with Gasteiger partial charge in [0, 0.05) is 58.1 Å². The average molecular weight is 704 g/mol. The summed E-state index contributed by atoms with van der Waals surface area (Å²) >= 11 is 0. The van der Waals surface area contributed by atoms with Gasteiger partial charge in [0.1, 0.15) is 28.4 Å². The zero-order chi connectivity index (χ0) is 36.3. The normalized spacial score (nSPS) is 19.2. The third-order valence-electron chi connectivity index (χ3n) is 9.57. The Morgan fingerprint density at radius 2 is 1.78 bits per heavy atom. The Labute approximate surface area is 299 Å². The highest BCUT2D eigenvalue weighted by molar-refractivity contribution is 6.01. The molecule has 3 aliphatic rings. The van der Waals surface area contributed by atoms with E-state index in [0.717, 1.165) is 48.7 Å². The Hall–Kier alpha value is -4.33. The quantitative estimate of drug-likeness (QED) is 0.241. The van der Waals surface area contributed by atoms with Crippen LogP contribution in [0.5, 0.6) is 11.8 Å². The number of likely N-dealkylation sites (N-methyl/N-ethyl adjacent to an activating group) is 1. The number of fused-ring (bicyclic) bond motifs is 4. The number of methoxy groups -OCH3 is 2. The van der Waals surface area contributed by atoms with Gasteiger partial charge in [-0.25, -0.2) is 9.18 Å². The molecule has 2 atom stereocenters. The highest BCUT2D eigenvalue weighted by Crippen LogP contribution is 2.40. The molecule has 0 aliphatic carbocycles. The SMILES string of the molecule is CCc1cccc2cc(OCOC)cc(-c3ncc4c(N5CC6CCC(C5)N6C(=O)OC(C)(C)C)nc(OC)nc4c3F)c12.CN1CCNCC1. The molecule has 2 bridgehead atoms. The van der Waals surface area contributed by atoms with Crippen LogP contribution in [0.25, 0.3) is 32.9 Å².